The minimum Gasteiger partial charge on any atom is -0.310 e. The summed E-state index contributed by atoms with van der Waals surface area (Å²) in [6.07, 6.45) is 2.64. The van der Waals surface area contributed by atoms with Crippen LogP contribution in [0.1, 0.15) is 18.4 Å². The van der Waals surface area contributed by atoms with E-state index in [0.717, 1.165) is 12.6 Å². The highest BCUT2D eigenvalue weighted by atomic mass is 32.2. The standard InChI is InChI=1S/C16H19NS/c1-2-4-15-11-13(5-6-14(15)3-1)12-17-16-7-9-18-10-8-16/h1-6,11,16-17H,7-10,12H2. The molecule has 1 saturated heterocycles. The maximum atomic E-state index is 3.69. The zero-order valence-corrected chi connectivity index (χ0v) is 11.4. The van der Waals surface area contributed by atoms with E-state index in [1.54, 1.807) is 0 Å². The van der Waals surface area contributed by atoms with E-state index < -0.39 is 0 Å². The van der Waals surface area contributed by atoms with Gasteiger partial charge in [-0.2, -0.15) is 11.8 Å². The minimum atomic E-state index is 0.720. The normalized spacial score (nSPS) is 17.1. The highest BCUT2D eigenvalue weighted by molar-refractivity contribution is 7.99. The lowest BCUT2D eigenvalue weighted by molar-refractivity contribution is 0.482. The van der Waals surface area contributed by atoms with Gasteiger partial charge in [0, 0.05) is 12.6 Å². The molecular weight excluding hydrogens is 238 g/mol. The molecule has 2 heteroatoms. The molecule has 0 saturated carbocycles. The van der Waals surface area contributed by atoms with Crippen LogP contribution in [0.15, 0.2) is 42.5 Å². The fourth-order valence-electron chi connectivity index (χ4n) is 2.51. The Bertz CT molecular complexity index is 517. The monoisotopic (exact) mass is 257 g/mol. The Kier molecular flexibility index (Phi) is 3.87. The summed E-state index contributed by atoms with van der Waals surface area (Å²) in [5, 5.41) is 6.36. The van der Waals surface area contributed by atoms with Gasteiger partial charge in [0.2, 0.25) is 0 Å². The van der Waals surface area contributed by atoms with E-state index in [0.29, 0.717) is 0 Å². The van der Waals surface area contributed by atoms with Gasteiger partial charge in [-0.05, 0) is 46.7 Å². The van der Waals surface area contributed by atoms with E-state index in [-0.39, 0.29) is 0 Å². The van der Waals surface area contributed by atoms with Gasteiger partial charge < -0.3 is 5.32 Å². The van der Waals surface area contributed by atoms with Crippen LogP contribution in [0.3, 0.4) is 0 Å². The molecule has 0 unspecified atom stereocenters. The Morgan fingerprint density at radius 1 is 1.00 bits per heavy atom. The van der Waals surface area contributed by atoms with Crippen LogP contribution in [0.2, 0.25) is 0 Å². The van der Waals surface area contributed by atoms with E-state index in [2.05, 4.69) is 59.5 Å². The van der Waals surface area contributed by atoms with E-state index in [1.807, 2.05) is 0 Å². The number of hydrogen-bond donors (Lipinski definition) is 1. The van der Waals surface area contributed by atoms with E-state index in [9.17, 15) is 0 Å². The molecule has 1 nitrogen and oxygen atoms in total. The molecule has 0 atom stereocenters. The first-order valence-electron chi connectivity index (χ1n) is 6.71. The molecule has 94 valence electrons. The van der Waals surface area contributed by atoms with Crippen LogP contribution in [-0.4, -0.2) is 17.5 Å². The number of benzene rings is 2. The summed E-state index contributed by atoms with van der Waals surface area (Å²) < 4.78 is 0. The molecule has 1 heterocycles. The molecule has 3 rings (SSSR count). The van der Waals surface area contributed by atoms with Gasteiger partial charge >= 0.3 is 0 Å². The van der Waals surface area contributed by atoms with Crippen molar-refractivity contribution >= 4 is 22.5 Å². The third-order valence-electron chi connectivity index (χ3n) is 3.63. The number of thioether (sulfide) groups is 1. The first kappa shape index (κ1) is 12.1. The molecule has 0 aromatic heterocycles. The van der Waals surface area contributed by atoms with Crippen molar-refractivity contribution in [2.75, 3.05) is 11.5 Å². The Morgan fingerprint density at radius 2 is 1.78 bits per heavy atom. The molecule has 0 aliphatic carbocycles. The van der Waals surface area contributed by atoms with Gasteiger partial charge in [-0.25, -0.2) is 0 Å². The van der Waals surface area contributed by atoms with Crippen LogP contribution in [0.5, 0.6) is 0 Å². The summed E-state index contributed by atoms with van der Waals surface area (Å²) in [6.45, 7) is 1.00. The summed E-state index contributed by atoms with van der Waals surface area (Å²) in [5.74, 6) is 2.63. The third kappa shape index (κ3) is 2.88. The summed E-state index contributed by atoms with van der Waals surface area (Å²) >= 11 is 2.08. The third-order valence-corrected chi connectivity index (χ3v) is 4.68. The van der Waals surface area contributed by atoms with Crippen LogP contribution < -0.4 is 5.32 Å². The van der Waals surface area contributed by atoms with Crippen molar-refractivity contribution in [2.24, 2.45) is 0 Å². The lowest BCUT2D eigenvalue weighted by Crippen LogP contribution is -2.31. The number of nitrogens with one attached hydrogen (secondary N) is 1. The SMILES string of the molecule is c1ccc2cc(CNC3CCSCC3)ccc2c1. The lowest BCUT2D eigenvalue weighted by atomic mass is 10.1. The first-order valence-corrected chi connectivity index (χ1v) is 7.86. The topological polar surface area (TPSA) is 12.0 Å². The van der Waals surface area contributed by atoms with Gasteiger partial charge in [-0.3, -0.25) is 0 Å². The average Bonchev–Trinajstić information content (AvgIpc) is 2.46. The van der Waals surface area contributed by atoms with Crippen molar-refractivity contribution < 1.29 is 0 Å². The van der Waals surface area contributed by atoms with Gasteiger partial charge in [0.1, 0.15) is 0 Å². The predicted octanol–water partition coefficient (Wildman–Crippen LogP) is 3.83. The summed E-state index contributed by atoms with van der Waals surface area (Å²) in [6, 6.07) is 16.1. The largest absolute Gasteiger partial charge is 0.310 e. The van der Waals surface area contributed by atoms with Gasteiger partial charge in [0.05, 0.1) is 0 Å². The second-order valence-corrected chi connectivity index (χ2v) is 6.17. The Morgan fingerprint density at radius 3 is 2.61 bits per heavy atom. The summed E-state index contributed by atoms with van der Waals surface area (Å²) in [5.41, 5.74) is 1.40. The number of fused-ring (bicyclic) bond motifs is 1. The van der Waals surface area contributed by atoms with Gasteiger partial charge in [0.25, 0.3) is 0 Å². The smallest absolute Gasteiger partial charge is 0.0208 e. The fraction of sp³-hybridized carbons (Fsp3) is 0.375. The molecule has 0 bridgehead atoms. The second kappa shape index (κ2) is 5.77. The molecule has 2 aromatic rings. The summed E-state index contributed by atoms with van der Waals surface area (Å²) in [7, 11) is 0. The van der Waals surface area contributed by atoms with Gasteiger partial charge in [-0.1, -0.05) is 36.4 Å². The van der Waals surface area contributed by atoms with Crippen LogP contribution in [0, 0.1) is 0 Å². The number of hydrogen-bond acceptors (Lipinski definition) is 2. The Hall–Kier alpha value is -0.990. The quantitative estimate of drug-likeness (QED) is 0.897. The molecule has 2 aromatic carbocycles. The van der Waals surface area contributed by atoms with Crippen molar-refractivity contribution in [1.29, 1.82) is 0 Å². The van der Waals surface area contributed by atoms with Crippen molar-refractivity contribution in [3.8, 4) is 0 Å². The Balaban J connectivity index is 1.66. The maximum absolute atomic E-state index is 3.69. The maximum Gasteiger partial charge on any atom is 0.0208 e. The molecule has 1 aliphatic rings. The zero-order chi connectivity index (χ0) is 12.2. The molecule has 18 heavy (non-hydrogen) atoms. The van der Waals surface area contributed by atoms with Crippen LogP contribution in [0.4, 0.5) is 0 Å². The van der Waals surface area contributed by atoms with Crippen LogP contribution in [-0.2, 0) is 6.54 Å². The highest BCUT2D eigenvalue weighted by Crippen LogP contribution is 2.18. The van der Waals surface area contributed by atoms with Gasteiger partial charge in [-0.15, -0.1) is 0 Å². The Labute approximate surface area is 113 Å². The second-order valence-electron chi connectivity index (χ2n) is 4.95. The van der Waals surface area contributed by atoms with Crippen molar-refractivity contribution in [1.82, 2.24) is 5.32 Å². The minimum absolute atomic E-state index is 0.720. The molecule has 1 aliphatic heterocycles. The molecule has 1 N–H and O–H groups in total. The van der Waals surface area contributed by atoms with Crippen LogP contribution >= 0.6 is 11.8 Å². The van der Waals surface area contributed by atoms with Crippen molar-refractivity contribution in [3.05, 3.63) is 48.0 Å². The average molecular weight is 257 g/mol. The van der Waals surface area contributed by atoms with E-state index >= 15 is 0 Å². The fourth-order valence-corrected chi connectivity index (χ4v) is 3.62. The molecule has 1 fully saturated rings. The molecular formula is C16H19NS. The highest BCUT2D eigenvalue weighted by Gasteiger charge is 2.12. The van der Waals surface area contributed by atoms with E-state index in [1.165, 1.54) is 40.7 Å². The number of rotatable bonds is 3. The summed E-state index contributed by atoms with van der Waals surface area (Å²) in [4.78, 5) is 0. The first-order chi connectivity index (χ1) is 8.92. The molecule has 0 spiro atoms. The van der Waals surface area contributed by atoms with Crippen molar-refractivity contribution in [2.45, 2.75) is 25.4 Å². The predicted molar refractivity (Wildman–Crippen MR) is 81.1 cm³/mol. The zero-order valence-electron chi connectivity index (χ0n) is 10.6. The van der Waals surface area contributed by atoms with Crippen molar-refractivity contribution in [3.63, 3.8) is 0 Å². The molecule has 0 amide bonds. The van der Waals surface area contributed by atoms with E-state index in [4.69, 9.17) is 0 Å². The van der Waals surface area contributed by atoms with Crippen LogP contribution in [0.25, 0.3) is 10.8 Å². The van der Waals surface area contributed by atoms with Gasteiger partial charge in [0.15, 0.2) is 0 Å². The molecule has 0 radical (unpaired) electrons. The lowest BCUT2D eigenvalue weighted by Gasteiger charge is -2.22.